The summed E-state index contributed by atoms with van der Waals surface area (Å²) in [4.78, 5) is 27.3. The summed E-state index contributed by atoms with van der Waals surface area (Å²) in [6, 6.07) is 0. The number of amides is 2. The van der Waals surface area contributed by atoms with E-state index in [1.54, 1.807) is 0 Å². The fraction of sp³-hybridized carbons (Fsp3) is 0.951. The minimum Gasteiger partial charge on any atom is -0.395 e. The SMILES string of the molecule is CCCCCCCCCCCCCCCCCC(=O)NC(CN(C)CCO)NC(=O)CCCCCCCCCCCCCCCCC.Cl. The molecule has 6 nitrogen and oxygen atoms in total. The van der Waals surface area contributed by atoms with Crippen LogP contribution in [0.3, 0.4) is 0 Å². The lowest BCUT2D eigenvalue weighted by Gasteiger charge is -2.25. The molecule has 0 aliphatic carbocycles. The van der Waals surface area contributed by atoms with Crippen LogP contribution in [0.1, 0.15) is 219 Å². The molecule has 0 radical (unpaired) electrons. The van der Waals surface area contributed by atoms with Crippen LogP contribution in [0.25, 0.3) is 0 Å². The largest absolute Gasteiger partial charge is 0.395 e. The molecule has 2 amide bonds. The lowest BCUT2D eigenvalue weighted by molar-refractivity contribution is -0.124. The molecule has 0 aliphatic rings. The Hall–Kier alpha value is -0.850. The van der Waals surface area contributed by atoms with Crippen molar-refractivity contribution in [3.8, 4) is 0 Å². The zero-order valence-corrected chi connectivity index (χ0v) is 33.3. The van der Waals surface area contributed by atoms with Crippen LogP contribution in [0.4, 0.5) is 0 Å². The van der Waals surface area contributed by atoms with Gasteiger partial charge in [-0.05, 0) is 19.9 Å². The van der Waals surface area contributed by atoms with Crippen LogP contribution in [0, 0.1) is 0 Å². The lowest BCUT2D eigenvalue weighted by Crippen LogP contribution is -2.53. The van der Waals surface area contributed by atoms with Crippen LogP contribution in [0.2, 0.25) is 0 Å². The number of hydrogen-bond donors (Lipinski definition) is 3. The Kier molecular flexibility index (Phi) is 41.6. The molecule has 0 aromatic carbocycles. The number of nitrogens with zero attached hydrogens (tertiary/aromatic N) is 1. The van der Waals surface area contributed by atoms with E-state index in [2.05, 4.69) is 24.5 Å². The van der Waals surface area contributed by atoms with Gasteiger partial charge in [0.2, 0.25) is 11.8 Å². The summed E-state index contributed by atoms with van der Waals surface area (Å²) >= 11 is 0. The number of carbonyl (C=O) groups is 2. The number of hydrogen-bond acceptors (Lipinski definition) is 4. The number of carbonyl (C=O) groups excluding carboxylic acids is 2. The van der Waals surface area contributed by atoms with E-state index in [9.17, 15) is 14.7 Å². The smallest absolute Gasteiger partial charge is 0.221 e. The molecule has 48 heavy (non-hydrogen) atoms. The van der Waals surface area contributed by atoms with Gasteiger partial charge in [-0.3, -0.25) is 9.59 Å². The molecule has 288 valence electrons. The van der Waals surface area contributed by atoms with Crippen molar-refractivity contribution in [2.45, 2.75) is 225 Å². The molecule has 0 rings (SSSR count). The summed E-state index contributed by atoms with van der Waals surface area (Å²) in [6.45, 7) is 5.62. The van der Waals surface area contributed by atoms with Gasteiger partial charge in [-0.2, -0.15) is 0 Å². The fourth-order valence-corrected chi connectivity index (χ4v) is 6.55. The van der Waals surface area contributed by atoms with E-state index in [0.717, 1.165) is 25.7 Å². The first kappa shape index (κ1) is 49.3. The summed E-state index contributed by atoms with van der Waals surface area (Å²) < 4.78 is 0. The number of halogens is 1. The summed E-state index contributed by atoms with van der Waals surface area (Å²) in [6.07, 6.45) is 39.9. The standard InChI is InChI=1S/C41H83N3O3.ClH/c1-4-6-8-10-12-14-16-18-20-22-24-26-28-30-32-34-40(46)42-39(38-44(3)36-37-45)43-41(47)35-33-31-29-27-25-23-21-19-17-15-13-11-9-7-5-2;/h39,45H,4-38H2,1-3H3,(H,42,46)(H,43,47);1H. The second-order valence-corrected chi connectivity index (χ2v) is 14.6. The van der Waals surface area contributed by atoms with E-state index in [4.69, 9.17) is 0 Å². The van der Waals surface area contributed by atoms with Gasteiger partial charge in [0.1, 0.15) is 6.17 Å². The van der Waals surface area contributed by atoms with Crippen LogP contribution < -0.4 is 10.6 Å². The van der Waals surface area contributed by atoms with Crippen molar-refractivity contribution in [3.05, 3.63) is 0 Å². The van der Waals surface area contributed by atoms with Crippen molar-refractivity contribution in [2.75, 3.05) is 26.7 Å². The molecule has 0 saturated carbocycles. The average Bonchev–Trinajstić information content (AvgIpc) is 3.04. The summed E-state index contributed by atoms with van der Waals surface area (Å²) in [7, 11) is 1.91. The molecule has 0 saturated heterocycles. The third-order valence-electron chi connectivity index (χ3n) is 9.66. The Morgan fingerprint density at radius 1 is 0.479 bits per heavy atom. The maximum Gasteiger partial charge on any atom is 0.221 e. The number of aliphatic hydroxyl groups is 1. The molecule has 0 spiro atoms. The van der Waals surface area contributed by atoms with E-state index < -0.39 is 6.17 Å². The first-order chi connectivity index (χ1) is 23.0. The van der Waals surface area contributed by atoms with Gasteiger partial charge in [-0.1, -0.05) is 194 Å². The van der Waals surface area contributed by atoms with Crippen molar-refractivity contribution < 1.29 is 14.7 Å². The lowest BCUT2D eigenvalue weighted by atomic mass is 10.0. The van der Waals surface area contributed by atoms with E-state index in [1.165, 1.54) is 167 Å². The zero-order chi connectivity index (χ0) is 34.5. The summed E-state index contributed by atoms with van der Waals surface area (Å²) in [5.74, 6) is 0.0173. The quantitative estimate of drug-likeness (QED) is 0.0442. The molecule has 7 heteroatoms. The Morgan fingerprint density at radius 3 is 0.979 bits per heavy atom. The highest BCUT2D eigenvalue weighted by Crippen LogP contribution is 2.15. The number of rotatable bonds is 38. The molecule has 0 aliphatic heterocycles. The van der Waals surface area contributed by atoms with Gasteiger partial charge in [0.05, 0.1) is 6.61 Å². The molecule has 0 fully saturated rings. The van der Waals surface area contributed by atoms with Crippen molar-refractivity contribution >= 4 is 24.2 Å². The summed E-state index contributed by atoms with van der Waals surface area (Å²) in [5.41, 5.74) is 0. The highest BCUT2D eigenvalue weighted by Gasteiger charge is 2.17. The van der Waals surface area contributed by atoms with Crippen LogP contribution in [-0.4, -0.2) is 54.7 Å². The molecule has 0 heterocycles. The number of likely N-dealkylation sites (N-methyl/N-ethyl adjacent to an activating group) is 1. The molecule has 3 N–H and O–H groups in total. The topological polar surface area (TPSA) is 81.7 Å². The van der Waals surface area contributed by atoms with Crippen molar-refractivity contribution in [3.63, 3.8) is 0 Å². The van der Waals surface area contributed by atoms with Gasteiger partial charge >= 0.3 is 0 Å². The molecule has 0 aromatic rings. The molecular formula is C41H84ClN3O3. The van der Waals surface area contributed by atoms with Gasteiger partial charge in [0.15, 0.2) is 0 Å². The van der Waals surface area contributed by atoms with Crippen molar-refractivity contribution in [1.29, 1.82) is 0 Å². The normalized spacial score (nSPS) is 11.3. The van der Waals surface area contributed by atoms with Gasteiger partial charge < -0.3 is 20.6 Å². The van der Waals surface area contributed by atoms with Gasteiger partial charge in [-0.15, -0.1) is 12.4 Å². The van der Waals surface area contributed by atoms with Crippen molar-refractivity contribution in [1.82, 2.24) is 15.5 Å². The maximum atomic E-state index is 12.7. The van der Waals surface area contributed by atoms with E-state index in [1.807, 2.05) is 11.9 Å². The highest BCUT2D eigenvalue weighted by atomic mass is 35.5. The number of nitrogens with one attached hydrogen (secondary N) is 2. The Labute approximate surface area is 305 Å². The monoisotopic (exact) mass is 702 g/mol. The summed E-state index contributed by atoms with van der Waals surface area (Å²) in [5, 5.41) is 15.4. The molecule has 0 bridgehead atoms. The zero-order valence-electron chi connectivity index (χ0n) is 32.4. The first-order valence-electron chi connectivity index (χ1n) is 20.9. The first-order valence-corrected chi connectivity index (χ1v) is 20.9. The fourth-order valence-electron chi connectivity index (χ4n) is 6.55. The molecular weight excluding hydrogens is 618 g/mol. The highest BCUT2D eigenvalue weighted by molar-refractivity contribution is 5.85. The second-order valence-electron chi connectivity index (χ2n) is 14.6. The van der Waals surface area contributed by atoms with Gasteiger partial charge in [0.25, 0.3) is 0 Å². The van der Waals surface area contributed by atoms with E-state index >= 15 is 0 Å². The van der Waals surface area contributed by atoms with E-state index in [0.29, 0.717) is 25.9 Å². The Bertz CT molecular complexity index is 619. The van der Waals surface area contributed by atoms with Crippen LogP contribution in [0.15, 0.2) is 0 Å². The van der Waals surface area contributed by atoms with Gasteiger partial charge in [-0.25, -0.2) is 0 Å². The third-order valence-corrected chi connectivity index (χ3v) is 9.66. The molecule has 0 aromatic heterocycles. The maximum absolute atomic E-state index is 12.7. The van der Waals surface area contributed by atoms with Crippen LogP contribution in [-0.2, 0) is 9.59 Å². The predicted molar refractivity (Wildman–Crippen MR) is 211 cm³/mol. The Balaban J connectivity index is 0. The molecule has 0 atom stereocenters. The Morgan fingerprint density at radius 2 is 0.729 bits per heavy atom. The minimum absolute atomic E-state index is 0. The van der Waals surface area contributed by atoms with Crippen molar-refractivity contribution in [2.24, 2.45) is 0 Å². The predicted octanol–water partition coefficient (Wildman–Crippen LogP) is 11.4. The van der Waals surface area contributed by atoms with Gasteiger partial charge in [0, 0.05) is 25.9 Å². The minimum atomic E-state index is -0.417. The van der Waals surface area contributed by atoms with Crippen LogP contribution in [0.5, 0.6) is 0 Å². The van der Waals surface area contributed by atoms with E-state index in [-0.39, 0.29) is 30.8 Å². The molecule has 0 unspecified atom stereocenters. The second kappa shape index (κ2) is 40.6. The van der Waals surface area contributed by atoms with Crippen LogP contribution >= 0.6 is 12.4 Å². The number of aliphatic hydroxyl groups excluding tert-OH is 1. The average molecular weight is 703 g/mol. The number of unbranched alkanes of at least 4 members (excludes halogenated alkanes) is 28. The third kappa shape index (κ3) is 38.0.